The maximum Gasteiger partial charge on any atom is 0.361 e. The fourth-order valence-electron chi connectivity index (χ4n) is 8.34. The number of carbonyl (C=O) groups excluding carboxylic acids is 2. The van der Waals surface area contributed by atoms with Crippen LogP contribution < -0.4 is 14.3 Å². The Labute approximate surface area is 370 Å². The van der Waals surface area contributed by atoms with Gasteiger partial charge in [-0.25, -0.2) is 14.4 Å². The van der Waals surface area contributed by atoms with E-state index in [9.17, 15) is 58.7 Å². The molecule has 1 spiro atoms. The first-order chi connectivity index (χ1) is 29.9. The SMILES string of the molecule is CN(OCC(=O)On1c(O)ccc1O)C(=O)c1cc2c([n+](CCCS(=O)(=O)O)c1)N=C(C=CC=CC=C1N(CCCS(=O)(=O)O)c3ccc(S(=O)(=O)O)cc3C13CCCCC3)C2(C)C. The van der Waals surface area contributed by atoms with Gasteiger partial charge in [0.25, 0.3) is 36.3 Å². The monoisotopic (exact) mass is 948 g/mol. The van der Waals surface area contributed by atoms with Gasteiger partial charge in [-0.2, -0.15) is 25.3 Å². The van der Waals surface area contributed by atoms with Crippen molar-refractivity contribution < 1.29 is 73.0 Å². The summed E-state index contributed by atoms with van der Waals surface area (Å²) < 4.78 is 102. The minimum Gasteiger partial charge on any atom is -0.492 e. The summed E-state index contributed by atoms with van der Waals surface area (Å²) in [5, 5.41) is 20.3. The van der Waals surface area contributed by atoms with Crippen LogP contribution in [0.15, 0.2) is 88.6 Å². The Balaban J connectivity index is 1.27. The van der Waals surface area contributed by atoms with Crippen molar-refractivity contribution in [2.24, 2.45) is 4.99 Å². The van der Waals surface area contributed by atoms with Crippen molar-refractivity contribution in [3.05, 3.63) is 95.4 Å². The number of hydrogen-bond donors (Lipinski definition) is 5. The second kappa shape index (κ2) is 18.6. The highest BCUT2D eigenvalue weighted by atomic mass is 32.2. The molecule has 20 nitrogen and oxygen atoms in total. The molecule has 2 aromatic heterocycles. The quantitative estimate of drug-likeness (QED) is 0.0558. The van der Waals surface area contributed by atoms with Gasteiger partial charge < -0.3 is 20.0 Å². The molecule has 1 aliphatic carbocycles. The third-order valence-electron chi connectivity index (χ3n) is 11.4. The molecule has 0 bridgehead atoms. The van der Waals surface area contributed by atoms with Gasteiger partial charge in [0.15, 0.2) is 12.3 Å². The van der Waals surface area contributed by atoms with E-state index in [1.165, 1.54) is 25.4 Å². The van der Waals surface area contributed by atoms with Crippen LogP contribution in [0.1, 0.15) is 80.3 Å². The van der Waals surface area contributed by atoms with E-state index in [-0.39, 0.29) is 36.4 Å². The molecule has 0 radical (unpaired) electrons. The molecule has 3 aliphatic rings. The Morgan fingerprint density at radius 1 is 0.875 bits per heavy atom. The largest absolute Gasteiger partial charge is 0.492 e. The third kappa shape index (κ3) is 10.7. The number of hydrogen-bond acceptors (Lipinski definition) is 14. The maximum absolute atomic E-state index is 13.7. The number of hydroxylamine groups is 2. The minimum absolute atomic E-state index is 0.0291. The van der Waals surface area contributed by atoms with Crippen molar-refractivity contribution in [3.63, 3.8) is 0 Å². The maximum atomic E-state index is 13.7. The lowest BCUT2D eigenvalue weighted by molar-refractivity contribution is -0.684. The zero-order valence-corrected chi connectivity index (χ0v) is 37.6. The first kappa shape index (κ1) is 48.0. The van der Waals surface area contributed by atoms with Gasteiger partial charge >= 0.3 is 11.8 Å². The molecule has 0 unspecified atom stereocenters. The summed E-state index contributed by atoms with van der Waals surface area (Å²) >= 11 is 0. The number of fused-ring (bicyclic) bond motifs is 3. The lowest BCUT2D eigenvalue weighted by Gasteiger charge is -2.37. The molecule has 3 aromatic rings. The number of aliphatic imine (C=N–C) groups is 1. The van der Waals surface area contributed by atoms with Gasteiger partial charge in [-0.1, -0.05) is 37.5 Å². The zero-order valence-electron chi connectivity index (χ0n) is 35.2. The molecule has 6 rings (SSSR count). The van der Waals surface area contributed by atoms with Crippen molar-refractivity contribution in [2.75, 3.05) is 36.6 Å². The number of pyridine rings is 1. The van der Waals surface area contributed by atoms with Crippen LogP contribution in [0.3, 0.4) is 0 Å². The fraction of sp³-hybridized carbons (Fsp3) is 0.415. The highest BCUT2D eigenvalue weighted by Crippen LogP contribution is 2.56. The standard InChI is InChI=1S/C41H49N5O15S3/c1-40(2)31-24-28(39(50)43(3)60-27-37(49)61-46-35(47)16-17-36(46)48)26-44(20-10-22-62(51,52)53)38(31)42-33(40)12-6-4-7-13-34-41(18-8-5-9-19-41)30-25-29(64(57,58)59)14-15-32(30)45(34)21-11-23-63(54,55)56/h4,6-7,12-17,24-26H,5,8-11,18-23,27H2,1-3H3,(H4-,47,48,51,52,53,54,55,56,57,58,59)/p+1. The lowest BCUT2D eigenvalue weighted by Crippen LogP contribution is -2.39. The molecule has 1 amide bonds. The molecule has 0 atom stereocenters. The first-order valence-electron chi connectivity index (χ1n) is 20.2. The molecular weight excluding hydrogens is 899 g/mol. The summed E-state index contributed by atoms with van der Waals surface area (Å²) in [6.07, 6.45) is 14.5. The van der Waals surface area contributed by atoms with Crippen LogP contribution in [0.4, 0.5) is 11.5 Å². The Morgan fingerprint density at radius 2 is 1.53 bits per heavy atom. The molecule has 2 aliphatic heterocycles. The molecular formula is C41H50N5O15S3+. The molecule has 1 saturated carbocycles. The van der Waals surface area contributed by atoms with Gasteiger partial charge in [-0.3, -0.25) is 23.3 Å². The van der Waals surface area contributed by atoms with Gasteiger partial charge in [-0.05, 0) is 80.1 Å². The number of anilines is 1. The van der Waals surface area contributed by atoms with Gasteiger partial charge in [0.1, 0.15) is 6.20 Å². The van der Waals surface area contributed by atoms with E-state index in [0.717, 1.165) is 42.2 Å². The summed E-state index contributed by atoms with van der Waals surface area (Å²) in [5.74, 6) is -3.48. The summed E-state index contributed by atoms with van der Waals surface area (Å²) in [6.45, 7) is 3.19. The normalized spacial score (nSPS) is 17.6. The van der Waals surface area contributed by atoms with Gasteiger partial charge in [-0.15, -0.1) is 4.73 Å². The molecule has 346 valence electrons. The summed E-state index contributed by atoms with van der Waals surface area (Å²) in [5.41, 5.74) is 2.00. The van der Waals surface area contributed by atoms with E-state index in [1.807, 2.05) is 24.8 Å². The molecule has 4 heterocycles. The first-order valence-corrected chi connectivity index (χ1v) is 24.8. The highest BCUT2D eigenvalue weighted by molar-refractivity contribution is 7.86. The number of aromatic nitrogens is 2. The van der Waals surface area contributed by atoms with Gasteiger partial charge in [0, 0.05) is 48.9 Å². The number of aromatic hydroxyl groups is 2. The molecule has 5 N–H and O–H groups in total. The van der Waals surface area contributed by atoms with Crippen LogP contribution in [0.5, 0.6) is 11.8 Å². The van der Waals surface area contributed by atoms with E-state index >= 15 is 0 Å². The number of amides is 1. The average molecular weight is 949 g/mol. The van der Waals surface area contributed by atoms with E-state index in [1.54, 1.807) is 41.0 Å². The highest BCUT2D eigenvalue weighted by Gasteiger charge is 2.48. The molecule has 64 heavy (non-hydrogen) atoms. The molecule has 1 fully saturated rings. The Kier molecular flexibility index (Phi) is 13.9. The second-order valence-corrected chi connectivity index (χ2v) is 20.8. The number of benzene rings is 1. The van der Waals surface area contributed by atoms with Crippen molar-refractivity contribution in [2.45, 2.75) is 81.1 Å². The lowest BCUT2D eigenvalue weighted by atomic mass is 9.68. The molecule has 1 aromatic carbocycles. The van der Waals surface area contributed by atoms with Crippen LogP contribution in [0.2, 0.25) is 0 Å². The average Bonchev–Trinajstić information content (AvgIpc) is 3.76. The van der Waals surface area contributed by atoms with E-state index in [0.29, 0.717) is 45.9 Å². The van der Waals surface area contributed by atoms with Crippen molar-refractivity contribution in [1.29, 1.82) is 0 Å². The number of nitrogens with zero attached hydrogens (tertiary/aromatic N) is 5. The van der Waals surface area contributed by atoms with E-state index in [4.69, 9.17) is 14.7 Å². The van der Waals surface area contributed by atoms with Crippen LogP contribution in [0, 0.1) is 0 Å². The van der Waals surface area contributed by atoms with Gasteiger partial charge in [0.05, 0.1) is 39.5 Å². The van der Waals surface area contributed by atoms with Crippen molar-refractivity contribution >= 4 is 59.4 Å². The third-order valence-corrected chi connectivity index (χ3v) is 13.9. The predicted molar refractivity (Wildman–Crippen MR) is 231 cm³/mol. The number of carbonyl (C=O) groups is 2. The number of aryl methyl sites for hydroxylation is 1. The van der Waals surface area contributed by atoms with Crippen molar-refractivity contribution in [1.82, 2.24) is 9.79 Å². The van der Waals surface area contributed by atoms with Crippen LogP contribution >= 0.6 is 0 Å². The van der Waals surface area contributed by atoms with Gasteiger partial charge in [0.2, 0.25) is 11.8 Å². The number of rotatable bonds is 17. The van der Waals surface area contributed by atoms with E-state index in [2.05, 4.69) is 0 Å². The van der Waals surface area contributed by atoms with E-state index < -0.39 is 82.9 Å². The minimum atomic E-state index is -4.53. The smallest absolute Gasteiger partial charge is 0.361 e. The zero-order chi connectivity index (χ0) is 46.8. The summed E-state index contributed by atoms with van der Waals surface area (Å²) in [4.78, 5) is 42.7. The summed E-state index contributed by atoms with van der Waals surface area (Å²) in [7, 11) is -11.8. The Bertz CT molecular complexity index is 2770. The molecule has 0 saturated heterocycles. The van der Waals surface area contributed by atoms with Crippen LogP contribution in [-0.4, -0.2) is 108 Å². The Morgan fingerprint density at radius 3 is 2.17 bits per heavy atom. The fourth-order valence-corrected chi connectivity index (χ4v) is 9.83. The summed E-state index contributed by atoms with van der Waals surface area (Å²) in [6, 6.07) is 8.17. The van der Waals surface area contributed by atoms with Crippen molar-refractivity contribution in [3.8, 4) is 11.8 Å². The second-order valence-electron chi connectivity index (χ2n) is 16.2. The van der Waals surface area contributed by atoms with Crippen LogP contribution in [-0.2, 0) is 57.4 Å². The molecule has 23 heteroatoms. The predicted octanol–water partition coefficient (Wildman–Crippen LogP) is 3.73. The van der Waals surface area contributed by atoms with Crippen LogP contribution in [0.25, 0.3) is 0 Å². The number of allylic oxidation sites excluding steroid dienone is 6. The Hall–Kier alpha value is -5.43. The topological polar surface area (TPSA) is 284 Å².